The number of fused-ring (bicyclic) bond motifs is 1. The Balaban J connectivity index is 1.57. The van der Waals surface area contributed by atoms with Crippen LogP contribution in [0.15, 0.2) is 24.4 Å². The van der Waals surface area contributed by atoms with Crippen LogP contribution in [0, 0.1) is 0 Å². The smallest absolute Gasteiger partial charge is 0.227 e. The van der Waals surface area contributed by atoms with Crippen molar-refractivity contribution in [2.75, 3.05) is 20.2 Å². The van der Waals surface area contributed by atoms with E-state index in [1.165, 1.54) is 0 Å². The van der Waals surface area contributed by atoms with E-state index in [9.17, 15) is 4.79 Å². The molecular formula is C18H23N3O2. The van der Waals surface area contributed by atoms with Crippen molar-refractivity contribution in [3.05, 3.63) is 30.0 Å². The SMILES string of the molecule is COc1ccc2[nH]cc(CC(=O)N(C3CC3)C3CCNC3)c2c1. The van der Waals surface area contributed by atoms with Crippen molar-refractivity contribution >= 4 is 16.8 Å². The number of rotatable bonds is 5. The number of amides is 1. The summed E-state index contributed by atoms with van der Waals surface area (Å²) in [6.45, 7) is 1.95. The van der Waals surface area contributed by atoms with E-state index < -0.39 is 0 Å². The van der Waals surface area contributed by atoms with Gasteiger partial charge in [-0.2, -0.15) is 0 Å². The van der Waals surface area contributed by atoms with Crippen LogP contribution in [0.2, 0.25) is 0 Å². The van der Waals surface area contributed by atoms with Crippen molar-refractivity contribution in [3.63, 3.8) is 0 Å². The van der Waals surface area contributed by atoms with Crippen LogP contribution < -0.4 is 10.1 Å². The molecule has 1 amide bonds. The molecule has 122 valence electrons. The van der Waals surface area contributed by atoms with Crippen LogP contribution in [0.3, 0.4) is 0 Å². The highest BCUT2D eigenvalue weighted by Gasteiger charge is 2.38. The molecule has 1 atom stereocenters. The maximum Gasteiger partial charge on any atom is 0.227 e. The largest absolute Gasteiger partial charge is 0.497 e. The summed E-state index contributed by atoms with van der Waals surface area (Å²) in [5.74, 6) is 1.08. The number of nitrogens with one attached hydrogen (secondary N) is 2. The summed E-state index contributed by atoms with van der Waals surface area (Å²) in [7, 11) is 1.67. The third-order valence-electron chi connectivity index (χ3n) is 4.97. The van der Waals surface area contributed by atoms with E-state index in [1.807, 2.05) is 24.4 Å². The van der Waals surface area contributed by atoms with Crippen molar-refractivity contribution < 1.29 is 9.53 Å². The summed E-state index contributed by atoms with van der Waals surface area (Å²) in [6.07, 6.45) is 5.80. The minimum Gasteiger partial charge on any atom is -0.497 e. The van der Waals surface area contributed by atoms with E-state index in [2.05, 4.69) is 15.2 Å². The molecule has 2 aliphatic rings. The maximum atomic E-state index is 12.9. The van der Waals surface area contributed by atoms with E-state index in [0.717, 1.165) is 54.6 Å². The molecule has 2 heterocycles. The van der Waals surface area contributed by atoms with Gasteiger partial charge in [0.1, 0.15) is 5.75 Å². The Labute approximate surface area is 136 Å². The van der Waals surface area contributed by atoms with Gasteiger partial charge in [0.05, 0.1) is 13.5 Å². The highest BCUT2D eigenvalue weighted by molar-refractivity contribution is 5.90. The number of methoxy groups -OCH3 is 1. The van der Waals surface area contributed by atoms with Gasteiger partial charge in [0.2, 0.25) is 5.91 Å². The van der Waals surface area contributed by atoms with Gasteiger partial charge in [-0.1, -0.05) is 0 Å². The molecule has 0 radical (unpaired) electrons. The molecule has 2 fully saturated rings. The van der Waals surface area contributed by atoms with Crippen LogP contribution in [0.1, 0.15) is 24.8 Å². The average molecular weight is 313 g/mol. The summed E-state index contributed by atoms with van der Waals surface area (Å²) in [5, 5.41) is 4.46. The fourth-order valence-electron chi connectivity index (χ4n) is 3.62. The Morgan fingerprint density at radius 2 is 2.17 bits per heavy atom. The number of benzene rings is 1. The van der Waals surface area contributed by atoms with Crippen LogP contribution in [0.25, 0.3) is 10.9 Å². The molecule has 5 nitrogen and oxygen atoms in total. The highest BCUT2D eigenvalue weighted by Crippen LogP contribution is 2.32. The lowest BCUT2D eigenvalue weighted by molar-refractivity contribution is -0.133. The van der Waals surface area contributed by atoms with Gasteiger partial charge in [0.15, 0.2) is 0 Å². The molecule has 23 heavy (non-hydrogen) atoms. The number of nitrogens with zero attached hydrogens (tertiary/aromatic N) is 1. The Bertz CT molecular complexity index is 714. The van der Waals surface area contributed by atoms with Gasteiger partial charge in [-0.15, -0.1) is 0 Å². The molecule has 4 rings (SSSR count). The Morgan fingerprint density at radius 1 is 1.30 bits per heavy atom. The lowest BCUT2D eigenvalue weighted by atomic mass is 10.1. The third-order valence-corrected chi connectivity index (χ3v) is 4.97. The second-order valence-corrected chi connectivity index (χ2v) is 6.58. The summed E-state index contributed by atoms with van der Waals surface area (Å²) in [6, 6.07) is 6.78. The zero-order valence-corrected chi connectivity index (χ0v) is 13.5. The molecule has 2 N–H and O–H groups in total. The lowest BCUT2D eigenvalue weighted by Crippen LogP contribution is -2.43. The zero-order chi connectivity index (χ0) is 15.8. The highest BCUT2D eigenvalue weighted by atomic mass is 16.5. The van der Waals surface area contributed by atoms with E-state index in [4.69, 9.17) is 4.74 Å². The van der Waals surface area contributed by atoms with Gasteiger partial charge in [-0.05, 0) is 49.6 Å². The fraction of sp³-hybridized carbons (Fsp3) is 0.500. The third kappa shape index (κ3) is 2.81. The van der Waals surface area contributed by atoms with Crippen LogP contribution in [-0.4, -0.2) is 48.1 Å². The summed E-state index contributed by atoms with van der Waals surface area (Å²) in [4.78, 5) is 18.3. The predicted octanol–water partition coefficient (Wildman–Crippen LogP) is 2.07. The first kappa shape index (κ1) is 14.6. The lowest BCUT2D eigenvalue weighted by Gasteiger charge is -2.28. The van der Waals surface area contributed by atoms with Crippen LogP contribution >= 0.6 is 0 Å². The minimum atomic E-state index is 0.255. The first-order valence-electron chi connectivity index (χ1n) is 8.42. The topological polar surface area (TPSA) is 57.4 Å². The van der Waals surface area contributed by atoms with Crippen molar-refractivity contribution in [2.24, 2.45) is 0 Å². The second kappa shape index (κ2) is 5.89. The van der Waals surface area contributed by atoms with Crippen LogP contribution in [-0.2, 0) is 11.2 Å². The number of ether oxygens (including phenoxy) is 1. The molecule has 1 unspecified atom stereocenters. The Morgan fingerprint density at radius 3 is 2.87 bits per heavy atom. The second-order valence-electron chi connectivity index (χ2n) is 6.58. The van der Waals surface area contributed by atoms with Gasteiger partial charge < -0.3 is 19.9 Å². The van der Waals surface area contributed by atoms with E-state index in [1.54, 1.807) is 7.11 Å². The van der Waals surface area contributed by atoms with Gasteiger partial charge in [0, 0.05) is 35.7 Å². The van der Waals surface area contributed by atoms with Crippen molar-refractivity contribution in [1.29, 1.82) is 0 Å². The van der Waals surface area contributed by atoms with Gasteiger partial charge in [0.25, 0.3) is 0 Å². The van der Waals surface area contributed by atoms with E-state index >= 15 is 0 Å². The van der Waals surface area contributed by atoms with Crippen molar-refractivity contribution in [3.8, 4) is 5.75 Å². The quantitative estimate of drug-likeness (QED) is 0.888. The number of carbonyl (C=O) groups is 1. The molecule has 1 saturated carbocycles. The van der Waals surface area contributed by atoms with Crippen LogP contribution in [0.4, 0.5) is 0 Å². The summed E-state index contributed by atoms with van der Waals surface area (Å²) < 4.78 is 5.31. The van der Waals surface area contributed by atoms with E-state index in [0.29, 0.717) is 18.5 Å². The van der Waals surface area contributed by atoms with E-state index in [-0.39, 0.29) is 5.91 Å². The maximum absolute atomic E-state index is 12.9. The number of carbonyl (C=O) groups excluding carboxylic acids is 1. The normalized spacial score (nSPS) is 20.8. The van der Waals surface area contributed by atoms with Gasteiger partial charge >= 0.3 is 0 Å². The standard InChI is InChI=1S/C18H23N3O2/c1-23-15-4-5-17-16(9-15)12(10-20-17)8-18(22)21(13-2-3-13)14-6-7-19-11-14/h4-5,9-10,13-14,19-20H,2-3,6-8,11H2,1H3. The average Bonchev–Trinajstić information content (AvgIpc) is 3.09. The summed E-state index contributed by atoms with van der Waals surface area (Å²) in [5.41, 5.74) is 2.11. The first-order valence-corrected chi connectivity index (χ1v) is 8.42. The molecular weight excluding hydrogens is 290 g/mol. The minimum absolute atomic E-state index is 0.255. The van der Waals surface area contributed by atoms with Crippen LogP contribution in [0.5, 0.6) is 5.75 Å². The molecule has 1 saturated heterocycles. The number of H-pyrrole nitrogens is 1. The first-order chi connectivity index (χ1) is 11.3. The zero-order valence-electron chi connectivity index (χ0n) is 13.5. The molecule has 0 bridgehead atoms. The number of hydrogen-bond acceptors (Lipinski definition) is 3. The molecule has 2 aromatic rings. The monoisotopic (exact) mass is 313 g/mol. The molecule has 1 aliphatic carbocycles. The Hall–Kier alpha value is -2.01. The fourth-order valence-corrected chi connectivity index (χ4v) is 3.62. The molecule has 1 aliphatic heterocycles. The summed E-state index contributed by atoms with van der Waals surface area (Å²) >= 11 is 0. The number of aromatic amines is 1. The molecule has 1 aromatic carbocycles. The molecule has 1 aromatic heterocycles. The molecule has 0 spiro atoms. The van der Waals surface area contributed by atoms with Gasteiger partial charge in [-0.25, -0.2) is 0 Å². The molecule has 5 heteroatoms. The van der Waals surface area contributed by atoms with Crippen molar-refractivity contribution in [1.82, 2.24) is 15.2 Å². The van der Waals surface area contributed by atoms with Gasteiger partial charge in [-0.3, -0.25) is 4.79 Å². The Kier molecular flexibility index (Phi) is 3.73. The number of hydrogen-bond donors (Lipinski definition) is 2. The number of aromatic nitrogens is 1. The predicted molar refractivity (Wildman–Crippen MR) is 89.7 cm³/mol. The van der Waals surface area contributed by atoms with Crippen molar-refractivity contribution in [2.45, 2.75) is 37.8 Å².